The van der Waals surface area contributed by atoms with Crippen molar-refractivity contribution < 1.29 is 4.79 Å². The lowest BCUT2D eigenvalue weighted by molar-refractivity contribution is -0.117. The molecule has 0 heterocycles. The van der Waals surface area contributed by atoms with Crippen molar-refractivity contribution in [2.75, 3.05) is 0 Å². The average Bonchev–Trinajstić information content (AvgIpc) is 2.85. The molecule has 0 amide bonds. The lowest BCUT2D eigenvalue weighted by atomic mass is 9.46. The van der Waals surface area contributed by atoms with Gasteiger partial charge in [0.15, 0.2) is 5.78 Å². The summed E-state index contributed by atoms with van der Waals surface area (Å²) in [6.45, 7) is 6.97. The van der Waals surface area contributed by atoms with E-state index in [9.17, 15) is 4.79 Å². The number of fused-ring (bicyclic) bond motifs is 5. The molecule has 6 atom stereocenters. The summed E-state index contributed by atoms with van der Waals surface area (Å²) in [6.07, 6.45) is 11.4. The van der Waals surface area contributed by atoms with Gasteiger partial charge in [0, 0.05) is 18.1 Å². The molecule has 3 saturated carbocycles. The molecular formula is C21H31NO. The quantitative estimate of drug-likeness (QED) is 0.666. The Morgan fingerprint density at radius 3 is 2.61 bits per heavy atom. The molecule has 0 unspecified atom stereocenters. The number of rotatable bonds is 1. The van der Waals surface area contributed by atoms with E-state index >= 15 is 0 Å². The third-order valence-electron chi connectivity index (χ3n) is 8.48. The first-order valence-corrected chi connectivity index (χ1v) is 9.65. The van der Waals surface area contributed by atoms with E-state index in [2.05, 4.69) is 13.8 Å². The fourth-order valence-corrected chi connectivity index (χ4v) is 7.27. The molecule has 126 valence electrons. The van der Waals surface area contributed by atoms with Crippen LogP contribution in [0.15, 0.2) is 11.6 Å². The molecule has 0 spiro atoms. The largest absolute Gasteiger partial charge is 0.310 e. The van der Waals surface area contributed by atoms with Gasteiger partial charge in [0.05, 0.1) is 0 Å². The van der Waals surface area contributed by atoms with Crippen LogP contribution >= 0.6 is 0 Å². The van der Waals surface area contributed by atoms with Gasteiger partial charge < -0.3 is 5.41 Å². The number of nitrogens with one attached hydrogen (secondary N) is 1. The van der Waals surface area contributed by atoms with Crippen LogP contribution in [0.3, 0.4) is 0 Å². The van der Waals surface area contributed by atoms with Crippen LogP contribution in [0.25, 0.3) is 0 Å². The number of ketones is 1. The topological polar surface area (TPSA) is 40.9 Å². The normalized spacial score (nSPS) is 49.0. The van der Waals surface area contributed by atoms with E-state index in [4.69, 9.17) is 5.41 Å². The summed E-state index contributed by atoms with van der Waals surface area (Å²) in [7, 11) is 0. The molecule has 2 nitrogen and oxygen atoms in total. The third-order valence-corrected chi connectivity index (χ3v) is 8.48. The van der Waals surface area contributed by atoms with Crippen LogP contribution in [0.2, 0.25) is 0 Å². The zero-order valence-corrected chi connectivity index (χ0v) is 15.0. The number of allylic oxidation sites excluding steroid dienone is 1. The minimum atomic E-state index is 0.288. The predicted molar refractivity (Wildman–Crippen MR) is 93.6 cm³/mol. The molecule has 4 aliphatic carbocycles. The standard InChI is InChI=1S/C21H31NO/c1-13(22)17-6-7-18-16-5-4-14-12-15(23)8-10-20(14,2)19(16)9-11-21(17,18)3/h12,16-19,22H,4-11H2,1-3H3/t16-,17+,18-,19-,20-,21+/m0/s1. The molecule has 0 saturated heterocycles. The minimum absolute atomic E-state index is 0.288. The van der Waals surface area contributed by atoms with Crippen LogP contribution in [-0.4, -0.2) is 11.5 Å². The van der Waals surface area contributed by atoms with Gasteiger partial charge in [-0.2, -0.15) is 0 Å². The number of carbonyl (C=O) groups excluding carboxylic acids is 1. The van der Waals surface area contributed by atoms with Crippen molar-refractivity contribution in [3.63, 3.8) is 0 Å². The third kappa shape index (κ3) is 2.06. The van der Waals surface area contributed by atoms with E-state index in [0.29, 0.717) is 17.1 Å². The zero-order chi connectivity index (χ0) is 16.4. The smallest absolute Gasteiger partial charge is 0.155 e. The molecular weight excluding hydrogens is 282 g/mol. The number of carbonyl (C=O) groups is 1. The molecule has 23 heavy (non-hydrogen) atoms. The highest BCUT2D eigenvalue weighted by atomic mass is 16.1. The predicted octanol–water partition coefficient (Wildman–Crippen LogP) is 5.17. The van der Waals surface area contributed by atoms with E-state index in [1.165, 1.54) is 37.7 Å². The summed E-state index contributed by atoms with van der Waals surface area (Å²) in [5, 5.41) is 8.23. The highest BCUT2D eigenvalue weighted by Gasteiger charge is 2.59. The van der Waals surface area contributed by atoms with Gasteiger partial charge in [0.25, 0.3) is 0 Å². The second kappa shape index (κ2) is 5.04. The van der Waals surface area contributed by atoms with Gasteiger partial charge in [0.1, 0.15) is 0 Å². The maximum Gasteiger partial charge on any atom is 0.155 e. The monoisotopic (exact) mass is 313 g/mol. The summed E-state index contributed by atoms with van der Waals surface area (Å²) in [5.41, 5.74) is 3.04. The van der Waals surface area contributed by atoms with Crippen molar-refractivity contribution in [3.05, 3.63) is 11.6 Å². The van der Waals surface area contributed by atoms with Crippen molar-refractivity contribution in [2.24, 2.45) is 34.5 Å². The van der Waals surface area contributed by atoms with Crippen LogP contribution in [0.5, 0.6) is 0 Å². The molecule has 0 bridgehead atoms. The van der Waals surface area contributed by atoms with Crippen LogP contribution in [-0.2, 0) is 4.79 Å². The first kappa shape index (κ1) is 15.6. The minimum Gasteiger partial charge on any atom is -0.310 e. The molecule has 0 aromatic heterocycles. The molecule has 2 heteroatoms. The van der Waals surface area contributed by atoms with Crippen LogP contribution in [0.1, 0.15) is 72.1 Å². The maximum absolute atomic E-state index is 11.9. The Bertz CT molecular complexity index is 591. The zero-order valence-electron chi connectivity index (χ0n) is 15.0. The highest BCUT2D eigenvalue weighted by Crippen LogP contribution is 2.66. The summed E-state index contributed by atoms with van der Waals surface area (Å²) in [5.74, 6) is 3.29. The number of hydrogen-bond donors (Lipinski definition) is 1. The van der Waals surface area contributed by atoms with Gasteiger partial charge in [-0.1, -0.05) is 19.4 Å². The molecule has 4 aliphatic rings. The maximum atomic E-state index is 11.9. The second-order valence-electron chi connectivity index (χ2n) is 9.33. The molecule has 1 N–H and O–H groups in total. The Labute approximate surface area is 140 Å². The van der Waals surface area contributed by atoms with Crippen molar-refractivity contribution in [1.82, 2.24) is 0 Å². The Balaban J connectivity index is 1.67. The van der Waals surface area contributed by atoms with Gasteiger partial charge >= 0.3 is 0 Å². The second-order valence-corrected chi connectivity index (χ2v) is 9.33. The summed E-state index contributed by atoms with van der Waals surface area (Å²) >= 11 is 0. The lowest BCUT2D eigenvalue weighted by Crippen LogP contribution is -2.51. The van der Waals surface area contributed by atoms with E-state index in [-0.39, 0.29) is 5.41 Å². The molecule has 3 fully saturated rings. The van der Waals surface area contributed by atoms with Gasteiger partial charge in [-0.3, -0.25) is 4.79 Å². The molecule has 4 rings (SSSR count). The highest BCUT2D eigenvalue weighted by molar-refractivity contribution is 5.91. The van der Waals surface area contributed by atoms with Gasteiger partial charge in [0.2, 0.25) is 0 Å². The fraction of sp³-hybridized carbons (Fsp3) is 0.810. The Morgan fingerprint density at radius 2 is 1.87 bits per heavy atom. The van der Waals surface area contributed by atoms with Crippen molar-refractivity contribution in [2.45, 2.75) is 72.1 Å². The van der Waals surface area contributed by atoms with Crippen LogP contribution in [0, 0.1) is 39.9 Å². The molecule has 0 radical (unpaired) electrons. The van der Waals surface area contributed by atoms with Crippen molar-refractivity contribution in [1.29, 1.82) is 5.41 Å². The molecule has 0 aliphatic heterocycles. The van der Waals surface area contributed by atoms with E-state index in [1.807, 2.05) is 13.0 Å². The fourth-order valence-electron chi connectivity index (χ4n) is 7.27. The SMILES string of the molecule is CC(=N)[C@H]1CC[C@H]2[C@@H]3CCC4=CC(=O)CC[C@]4(C)[C@H]3CC[C@]12C. The van der Waals surface area contributed by atoms with Crippen molar-refractivity contribution >= 4 is 11.5 Å². The first-order chi connectivity index (χ1) is 10.9. The Kier molecular flexibility index (Phi) is 3.42. The average molecular weight is 313 g/mol. The molecule has 0 aromatic rings. The van der Waals surface area contributed by atoms with E-state index in [0.717, 1.165) is 42.7 Å². The Morgan fingerprint density at radius 1 is 1.09 bits per heavy atom. The van der Waals surface area contributed by atoms with Gasteiger partial charge in [-0.25, -0.2) is 0 Å². The van der Waals surface area contributed by atoms with Crippen LogP contribution in [0.4, 0.5) is 0 Å². The van der Waals surface area contributed by atoms with Crippen molar-refractivity contribution in [3.8, 4) is 0 Å². The van der Waals surface area contributed by atoms with Gasteiger partial charge in [-0.05, 0) is 86.5 Å². The first-order valence-electron chi connectivity index (χ1n) is 9.65. The Hall–Kier alpha value is -0.920. The number of hydrogen-bond acceptors (Lipinski definition) is 2. The van der Waals surface area contributed by atoms with E-state index < -0.39 is 0 Å². The summed E-state index contributed by atoms with van der Waals surface area (Å²) < 4.78 is 0. The lowest BCUT2D eigenvalue weighted by Gasteiger charge is -2.58. The summed E-state index contributed by atoms with van der Waals surface area (Å²) in [6, 6.07) is 0. The van der Waals surface area contributed by atoms with E-state index in [1.54, 1.807) is 0 Å². The summed E-state index contributed by atoms with van der Waals surface area (Å²) in [4.78, 5) is 11.9. The van der Waals surface area contributed by atoms with Gasteiger partial charge in [-0.15, -0.1) is 0 Å². The van der Waals surface area contributed by atoms with Crippen LogP contribution < -0.4 is 0 Å². The molecule has 0 aromatic carbocycles.